The molecule has 5 heteroatoms. The van der Waals surface area contributed by atoms with Gasteiger partial charge in [-0.15, -0.1) is 0 Å². The van der Waals surface area contributed by atoms with Gasteiger partial charge in [0, 0.05) is 6.61 Å². The van der Waals surface area contributed by atoms with Crippen LogP contribution in [0.4, 0.5) is 0 Å². The average molecular weight is 467 g/mol. The summed E-state index contributed by atoms with van der Waals surface area (Å²) in [4.78, 5) is 0. The molecule has 0 saturated heterocycles. The molecule has 0 aliphatic rings. The van der Waals surface area contributed by atoms with Crippen LogP contribution in [-0.4, -0.2) is 23.7 Å². The van der Waals surface area contributed by atoms with Crippen molar-refractivity contribution in [3.05, 3.63) is 29.8 Å². The summed E-state index contributed by atoms with van der Waals surface area (Å²) in [6.07, 6.45) is 17.9. The van der Waals surface area contributed by atoms with E-state index in [1.54, 1.807) is 0 Å². The summed E-state index contributed by atoms with van der Waals surface area (Å²) in [5.41, 5.74) is 1.15. The number of hydrogen-bond acceptors (Lipinski definition) is 3. The second-order valence-corrected chi connectivity index (χ2v) is 16.8. The SMILES string of the molecule is CCCCCCCCCCCCCCCO[Si](C)(C)O[Si](C)(C)Oc1ccccc1C. The normalized spacial score (nSPS) is 12.3. The highest BCUT2D eigenvalue weighted by atomic mass is 28.5. The lowest BCUT2D eigenvalue weighted by Gasteiger charge is -2.33. The van der Waals surface area contributed by atoms with Crippen LogP contribution in [-0.2, 0) is 8.54 Å². The lowest BCUT2D eigenvalue weighted by atomic mass is 10.0. The minimum absolute atomic E-state index is 0.811. The van der Waals surface area contributed by atoms with E-state index in [-0.39, 0.29) is 0 Å². The van der Waals surface area contributed by atoms with Crippen LogP contribution in [0.2, 0.25) is 26.2 Å². The molecule has 0 aromatic heterocycles. The van der Waals surface area contributed by atoms with Crippen LogP contribution in [0.3, 0.4) is 0 Å². The maximum absolute atomic E-state index is 6.43. The molecule has 180 valence electrons. The molecule has 0 spiro atoms. The first-order valence-corrected chi connectivity index (χ1v) is 18.5. The molecule has 0 radical (unpaired) electrons. The van der Waals surface area contributed by atoms with Crippen LogP contribution < -0.4 is 4.43 Å². The zero-order chi connectivity index (χ0) is 23.0. The Morgan fingerprint density at radius 3 is 1.65 bits per heavy atom. The van der Waals surface area contributed by atoms with Gasteiger partial charge in [-0.05, 0) is 51.2 Å². The van der Waals surface area contributed by atoms with Crippen LogP contribution in [0.25, 0.3) is 0 Å². The molecule has 0 N–H and O–H groups in total. The Hall–Kier alpha value is -0.626. The fourth-order valence-electron chi connectivity index (χ4n) is 4.02. The number of benzene rings is 1. The predicted octanol–water partition coefficient (Wildman–Crippen LogP) is 8.90. The molecule has 0 atom stereocenters. The zero-order valence-electron chi connectivity index (χ0n) is 21.4. The third-order valence-corrected chi connectivity index (χ3v) is 11.2. The number of para-hydroxylation sites is 1. The lowest BCUT2D eigenvalue weighted by molar-refractivity contribution is 0.224. The van der Waals surface area contributed by atoms with Crippen molar-refractivity contribution in [2.45, 2.75) is 124 Å². The average Bonchev–Trinajstić information content (AvgIpc) is 2.69. The first kappa shape index (κ1) is 28.4. The van der Waals surface area contributed by atoms with Gasteiger partial charge in [-0.2, -0.15) is 0 Å². The fourth-order valence-corrected chi connectivity index (χ4v) is 10.5. The predicted molar refractivity (Wildman–Crippen MR) is 140 cm³/mol. The number of unbranched alkanes of at least 4 members (excludes halogenated alkanes) is 12. The summed E-state index contributed by atoms with van der Waals surface area (Å²) >= 11 is 0. The Kier molecular flexibility index (Phi) is 14.7. The van der Waals surface area contributed by atoms with Gasteiger partial charge in [-0.25, -0.2) is 0 Å². The first-order chi connectivity index (χ1) is 14.8. The van der Waals surface area contributed by atoms with E-state index in [2.05, 4.69) is 46.1 Å². The summed E-state index contributed by atoms with van der Waals surface area (Å²) < 4.78 is 18.9. The van der Waals surface area contributed by atoms with Crippen molar-refractivity contribution in [1.82, 2.24) is 0 Å². The minimum Gasteiger partial charge on any atom is -0.521 e. The van der Waals surface area contributed by atoms with E-state index < -0.39 is 17.1 Å². The van der Waals surface area contributed by atoms with Gasteiger partial charge in [0.15, 0.2) is 0 Å². The molecule has 3 nitrogen and oxygen atoms in total. The van der Waals surface area contributed by atoms with Gasteiger partial charge >= 0.3 is 17.1 Å². The Labute approximate surface area is 195 Å². The van der Waals surface area contributed by atoms with Gasteiger partial charge in [0.25, 0.3) is 0 Å². The van der Waals surface area contributed by atoms with E-state index >= 15 is 0 Å². The maximum Gasteiger partial charge on any atom is 0.383 e. The molecule has 0 aliphatic carbocycles. The molecule has 0 bridgehead atoms. The number of hydrogen-bond donors (Lipinski definition) is 0. The van der Waals surface area contributed by atoms with Crippen LogP contribution in [0, 0.1) is 6.92 Å². The molecule has 0 aliphatic heterocycles. The third-order valence-electron chi connectivity index (χ3n) is 5.64. The molecule has 0 amide bonds. The second kappa shape index (κ2) is 16.1. The molecule has 0 unspecified atom stereocenters. The van der Waals surface area contributed by atoms with E-state index in [4.69, 9.17) is 13.0 Å². The van der Waals surface area contributed by atoms with Crippen molar-refractivity contribution in [1.29, 1.82) is 0 Å². The van der Waals surface area contributed by atoms with E-state index in [1.165, 1.54) is 77.0 Å². The van der Waals surface area contributed by atoms with Gasteiger partial charge in [0.1, 0.15) is 5.75 Å². The van der Waals surface area contributed by atoms with Crippen LogP contribution >= 0.6 is 0 Å². The largest absolute Gasteiger partial charge is 0.521 e. The van der Waals surface area contributed by atoms with Crippen molar-refractivity contribution in [2.24, 2.45) is 0 Å². The molecule has 1 rings (SSSR count). The van der Waals surface area contributed by atoms with Crippen molar-refractivity contribution in [3.8, 4) is 5.75 Å². The Balaban J connectivity index is 2.06. The van der Waals surface area contributed by atoms with Crippen molar-refractivity contribution < 1.29 is 13.0 Å². The Bertz CT molecular complexity index is 576. The molecule has 1 aromatic rings. The van der Waals surface area contributed by atoms with E-state index in [9.17, 15) is 0 Å². The van der Waals surface area contributed by atoms with Gasteiger partial charge in [0.05, 0.1) is 0 Å². The van der Waals surface area contributed by atoms with Crippen molar-refractivity contribution in [2.75, 3.05) is 6.61 Å². The maximum atomic E-state index is 6.43. The lowest BCUT2D eigenvalue weighted by Crippen LogP contribution is -2.50. The standard InChI is InChI=1S/C26H50O3Si2/c1-7-8-9-10-11-12-13-14-15-16-17-18-21-24-27-30(3,4)29-31(5,6)28-26-23-20-19-22-25(26)2/h19-20,22-23H,7-18,21,24H2,1-6H3. The summed E-state index contributed by atoms with van der Waals surface area (Å²) in [5.74, 6) is 0.931. The van der Waals surface area contributed by atoms with Gasteiger partial charge in [-0.3, -0.25) is 0 Å². The van der Waals surface area contributed by atoms with Crippen molar-refractivity contribution >= 4 is 17.1 Å². The molecular formula is C26H50O3Si2. The quantitative estimate of drug-likeness (QED) is 0.150. The molecule has 0 fully saturated rings. The first-order valence-electron chi connectivity index (χ1n) is 12.8. The molecule has 0 heterocycles. The highest BCUT2D eigenvalue weighted by Crippen LogP contribution is 2.24. The molecule has 31 heavy (non-hydrogen) atoms. The van der Waals surface area contributed by atoms with Crippen LogP contribution in [0.5, 0.6) is 5.75 Å². The molecule has 0 saturated carbocycles. The highest BCUT2D eigenvalue weighted by molar-refractivity contribution is 6.79. The van der Waals surface area contributed by atoms with Crippen LogP contribution in [0.15, 0.2) is 24.3 Å². The third kappa shape index (κ3) is 14.9. The van der Waals surface area contributed by atoms with E-state index in [0.717, 1.165) is 24.3 Å². The minimum atomic E-state index is -2.28. The van der Waals surface area contributed by atoms with E-state index in [0.29, 0.717) is 0 Å². The Morgan fingerprint density at radius 1 is 0.645 bits per heavy atom. The van der Waals surface area contributed by atoms with Gasteiger partial charge < -0.3 is 13.0 Å². The number of rotatable bonds is 19. The second-order valence-electron chi connectivity index (χ2n) is 9.86. The fraction of sp³-hybridized carbons (Fsp3) is 0.769. The molecular weight excluding hydrogens is 416 g/mol. The topological polar surface area (TPSA) is 27.7 Å². The van der Waals surface area contributed by atoms with Gasteiger partial charge in [-0.1, -0.05) is 102 Å². The summed E-state index contributed by atoms with van der Waals surface area (Å²) in [7, 11) is -4.46. The smallest absolute Gasteiger partial charge is 0.383 e. The monoisotopic (exact) mass is 466 g/mol. The van der Waals surface area contributed by atoms with Gasteiger partial charge in [0.2, 0.25) is 0 Å². The van der Waals surface area contributed by atoms with E-state index in [1.807, 2.05) is 18.2 Å². The highest BCUT2D eigenvalue weighted by Gasteiger charge is 2.38. The summed E-state index contributed by atoms with van der Waals surface area (Å²) in [6.45, 7) is 13.7. The summed E-state index contributed by atoms with van der Waals surface area (Å²) in [5, 5.41) is 0. The number of aryl methyl sites for hydroxylation is 1. The van der Waals surface area contributed by atoms with Crippen molar-refractivity contribution in [3.63, 3.8) is 0 Å². The zero-order valence-corrected chi connectivity index (χ0v) is 23.4. The van der Waals surface area contributed by atoms with Crippen LogP contribution in [0.1, 0.15) is 96.0 Å². The summed E-state index contributed by atoms with van der Waals surface area (Å²) in [6, 6.07) is 8.15. The Morgan fingerprint density at radius 2 is 1.13 bits per heavy atom. The molecule has 1 aromatic carbocycles.